The van der Waals surface area contributed by atoms with Crippen molar-refractivity contribution in [2.75, 3.05) is 13.2 Å². The number of para-hydroxylation sites is 1. The maximum atomic E-state index is 12.7. The Morgan fingerprint density at radius 3 is 3.08 bits per heavy atom. The van der Waals surface area contributed by atoms with E-state index >= 15 is 0 Å². The molecule has 1 aromatic heterocycles. The smallest absolute Gasteiger partial charge is 0.224 e. The third-order valence-electron chi connectivity index (χ3n) is 5.10. The molecule has 2 fully saturated rings. The first kappa shape index (κ1) is 15.3. The average Bonchev–Trinajstić information content (AvgIpc) is 3.10. The Hall–Kier alpha value is -2.21. The van der Waals surface area contributed by atoms with Crippen LogP contribution >= 0.6 is 0 Å². The highest BCUT2D eigenvalue weighted by Crippen LogP contribution is 2.30. The van der Waals surface area contributed by atoms with Crippen molar-refractivity contribution in [3.63, 3.8) is 0 Å². The maximum Gasteiger partial charge on any atom is 0.224 e. The number of aryl methyl sites for hydroxylation is 1. The van der Waals surface area contributed by atoms with Gasteiger partial charge in [-0.3, -0.25) is 14.3 Å². The van der Waals surface area contributed by atoms with E-state index in [1.165, 1.54) is 6.20 Å². The minimum atomic E-state index is -0.0878. The highest BCUT2D eigenvalue weighted by Gasteiger charge is 2.38. The van der Waals surface area contributed by atoms with Crippen LogP contribution < -0.4 is 5.43 Å². The van der Waals surface area contributed by atoms with Crippen LogP contribution in [0.3, 0.4) is 0 Å². The van der Waals surface area contributed by atoms with Gasteiger partial charge in [0.25, 0.3) is 0 Å². The largest absolute Gasteiger partial charge is 0.374 e. The molecule has 0 bridgehead atoms. The average molecular weight is 327 g/mol. The zero-order chi connectivity index (χ0) is 16.5. The summed E-state index contributed by atoms with van der Waals surface area (Å²) in [6.45, 7) is 1.79. The van der Waals surface area contributed by atoms with Gasteiger partial charge in [-0.25, -0.2) is 0 Å². The van der Waals surface area contributed by atoms with Crippen molar-refractivity contribution >= 4 is 16.8 Å². The van der Waals surface area contributed by atoms with Crippen molar-refractivity contribution in [3.8, 4) is 0 Å². The quantitative estimate of drug-likeness (QED) is 0.858. The lowest BCUT2D eigenvalue weighted by Gasteiger charge is -2.37. The summed E-state index contributed by atoms with van der Waals surface area (Å²) in [6.07, 6.45) is 5.16. The Labute approximate surface area is 140 Å². The van der Waals surface area contributed by atoms with Gasteiger partial charge in [0.05, 0.1) is 37.0 Å². The molecule has 2 atom stereocenters. The highest BCUT2D eigenvalue weighted by atomic mass is 16.5. The van der Waals surface area contributed by atoms with Gasteiger partial charge >= 0.3 is 0 Å². The summed E-state index contributed by atoms with van der Waals surface area (Å²) < 4.78 is 7.52. The zero-order valence-electron chi connectivity index (χ0n) is 13.6. The molecule has 1 amide bonds. The molecule has 24 heavy (non-hydrogen) atoms. The molecule has 1 aliphatic carbocycles. The molecule has 0 radical (unpaired) electrons. The predicted octanol–water partition coefficient (Wildman–Crippen LogP) is 1.57. The minimum absolute atomic E-state index is 0.0878. The van der Waals surface area contributed by atoms with E-state index in [2.05, 4.69) is 5.10 Å². The Morgan fingerprint density at radius 1 is 1.29 bits per heavy atom. The van der Waals surface area contributed by atoms with Crippen LogP contribution in [0.15, 0.2) is 35.3 Å². The maximum absolute atomic E-state index is 12.7. The lowest BCUT2D eigenvalue weighted by molar-refractivity contribution is -0.144. The SMILES string of the molecule is O=C(CCn1ncc(=O)c2ccccc21)N1CCOC2CCCC21. The van der Waals surface area contributed by atoms with Crippen LogP contribution in [0.25, 0.3) is 10.9 Å². The Bertz CT molecular complexity index is 817. The Balaban J connectivity index is 1.50. The zero-order valence-corrected chi connectivity index (χ0v) is 13.6. The summed E-state index contributed by atoms with van der Waals surface area (Å²) in [5.41, 5.74) is 0.689. The van der Waals surface area contributed by atoms with Gasteiger partial charge in [-0.2, -0.15) is 5.10 Å². The van der Waals surface area contributed by atoms with Crippen LogP contribution in [0, 0.1) is 0 Å². The van der Waals surface area contributed by atoms with Gasteiger partial charge in [-0.05, 0) is 31.4 Å². The number of benzene rings is 1. The third-order valence-corrected chi connectivity index (χ3v) is 5.10. The molecule has 6 heteroatoms. The number of aromatic nitrogens is 2. The van der Waals surface area contributed by atoms with E-state index in [9.17, 15) is 9.59 Å². The Kier molecular flexibility index (Phi) is 4.06. The number of carbonyl (C=O) groups excluding carboxylic acids is 1. The van der Waals surface area contributed by atoms with Crippen LogP contribution in [0.2, 0.25) is 0 Å². The molecule has 4 rings (SSSR count). The lowest BCUT2D eigenvalue weighted by atomic mass is 10.1. The van der Waals surface area contributed by atoms with E-state index in [0.29, 0.717) is 31.5 Å². The van der Waals surface area contributed by atoms with Crippen LogP contribution in [0.1, 0.15) is 25.7 Å². The molecule has 2 aromatic rings. The highest BCUT2D eigenvalue weighted by molar-refractivity contribution is 5.79. The van der Waals surface area contributed by atoms with Crippen LogP contribution in [-0.4, -0.2) is 45.9 Å². The van der Waals surface area contributed by atoms with Crippen molar-refractivity contribution in [2.45, 2.75) is 44.4 Å². The van der Waals surface area contributed by atoms with E-state index in [-0.39, 0.29) is 23.5 Å². The lowest BCUT2D eigenvalue weighted by Crippen LogP contribution is -2.51. The summed E-state index contributed by atoms with van der Waals surface area (Å²) in [5.74, 6) is 0.153. The van der Waals surface area contributed by atoms with Gasteiger partial charge in [-0.15, -0.1) is 0 Å². The van der Waals surface area contributed by atoms with Gasteiger partial charge in [0.2, 0.25) is 11.3 Å². The fourth-order valence-corrected chi connectivity index (χ4v) is 3.92. The first-order valence-electron chi connectivity index (χ1n) is 8.60. The number of nitrogens with zero attached hydrogens (tertiary/aromatic N) is 3. The number of ether oxygens (including phenoxy) is 1. The molecular weight excluding hydrogens is 306 g/mol. The van der Waals surface area contributed by atoms with Crippen molar-refractivity contribution in [3.05, 3.63) is 40.7 Å². The summed E-state index contributed by atoms with van der Waals surface area (Å²) in [4.78, 5) is 26.6. The number of fused-ring (bicyclic) bond motifs is 2. The van der Waals surface area contributed by atoms with Gasteiger partial charge in [-0.1, -0.05) is 12.1 Å². The monoisotopic (exact) mass is 327 g/mol. The standard InChI is InChI=1S/C18H21N3O3/c22-16-12-19-21(14-5-2-1-4-13(14)16)9-8-18(23)20-10-11-24-17-7-3-6-15(17)20/h1-2,4-5,12,15,17H,3,6-11H2. The molecule has 1 saturated heterocycles. The second-order valence-corrected chi connectivity index (χ2v) is 6.49. The molecule has 0 spiro atoms. The van der Waals surface area contributed by atoms with E-state index < -0.39 is 0 Å². The van der Waals surface area contributed by atoms with Crippen LogP contribution in [-0.2, 0) is 16.1 Å². The van der Waals surface area contributed by atoms with E-state index in [1.807, 2.05) is 23.1 Å². The molecule has 6 nitrogen and oxygen atoms in total. The molecule has 2 unspecified atom stereocenters. The third kappa shape index (κ3) is 2.71. The van der Waals surface area contributed by atoms with E-state index in [4.69, 9.17) is 4.74 Å². The number of hydrogen-bond donors (Lipinski definition) is 0. The Morgan fingerprint density at radius 2 is 2.17 bits per heavy atom. The number of rotatable bonds is 3. The molecule has 1 aliphatic heterocycles. The second-order valence-electron chi connectivity index (χ2n) is 6.49. The molecule has 1 aromatic carbocycles. The van der Waals surface area contributed by atoms with Gasteiger partial charge in [0.1, 0.15) is 0 Å². The number of hydrogen-bond acceptors (Lipinski definition) is 4. The predicted molar refractivity (Wildman–Crippen MR) is 89.7 cm³/mol. The minimum Gasteiger partial charge on any atom is -0.374 e. The van der Waals surface area contributed by atoms with Crippen molar-refractivity contribution in [2.24, 2.45) is 0 Å². The summed E-state index contributed by atoms with van der Waals surface area (Å²) in [5, 5.41) is 4.84. The first-order chi connectivity index (χ1) is 11.7. The molecule has 126 valence electrons. The second kappa shape index (κ2) is 6.36. The number of amides is 1. The first-order valence-corrected chi connectivity index (χ1v) is 8.60. The number of carbonyl (C=O) groups is 1. The molecule has 2 heterocycles. The fourth-order valence-electron chi connectivity index (χ4n) is 3.92. The molecular formula is C18H21N3O3. The molecule has 0 N–H and O–H groups in total. The summed E-state index contributed by atoms with van der Waals surface area (Å²) in [6, 6.07) is 7.63. The number of morpholine rings is 1. The topological polar surface area (TPSA) is 64.4 Å². The van der Waals surface area contributed by atoms with Gasteiger partial charge in [0.15, 0.2) is 0 Å². The van der Waals surface area contributed by atoms with Gasteiger partial charge < -0.3 is 9.64 Å². The van der Waals surface area contributed by atoms with Crippen molar-refractivity contribution in [1.82, 2.24) is 14.7 Å². The van der Waals surface area contributed by atoms with Crippen molar-refractivity contribution in [1.29, 1.82) is 0 Å². The van der Waals surface area contributed by atoms with Crippen molar-refractivity contribution < 1.29 is 9.53 Å². The van der Waals surface area contributed by atoms with Crippen LogP contribution in [0.4, 0.5) is 0 Å². The summed E-state index contributed by atoms with van der Waals surface area (Å²) in [7, 11) is 0. The normalized spacial score (nSPS) is 23.4. The van der Waals surface area contributed by atoms with E-state index in [1.54, 1.807) is 10.7 Å². The fraction of sp³-hybridized carbons (Fsp3) is 0.500. The summed E-state index contributed by atoms with van der Waals surface area (Å²) >= 11 is 0. The molecule has 1 saturated carbocycles. The molecule has 2 aliphatic rings. The van der Waals surface area contributed by atoms with Crippen LogP contribution in [0.5, 0.6) is 0 Å². The van der Waals surface area contributed by atoms with Gasteiger partial charge in [0, 0.05) is 18.4 Å². The van der Waals surface area contributed by atoms with E-state index in [0.717, 1.165) is 24.8 Å².